The molecule has 0 saturated heterocycles. The van der Waals surface area contributed by atoms with Gasteiger partial charge in [0.25, 0.3) is 0 Å². The van der Waals surface area contributed by atoms with Crippen molar-refractivity contribution < 1.29 is 4.74 Å². The van der Waals surface area contributed by atoms with E-state index >= 15 is 0 Å². The summed E-state index contributed by atoms with van der Waals surface area (Å²) in [5, 5.41) is 0. The fraction of sp³-hybridized carbons (Fsp3) is 0.111. The quantitative estimate of drug-likeness (QED) is 0.721. The Hall–Kier alpha value is -2.64. The summed E-state index contributed by atoms with van der Waals surface area (Å²) in [5.41, 5.74) is 1.76. The van der Waals surface area contributed by atoms with Gasteiger partial charge in [-0.05, 0) is 38.1 Å². The monoisotopic (exact) mass is 246 g/mol. The maximum absolute atomic E-state index is 5.94. The predicted octanol–water partition coefficient (Wildman–Crippen LogP) is 4.22. The molecule has 0 heterocycles. The third-order valence-corrected chi connectivity index (χ3v) is 2.51. The van der Waals surface area contributed by atoms with Crippen molar-refractivity contribution in [3.05, 3.63) is 59.7 Å². The van der Waals surface area contributed by atoms with Crippen LogP contribution in [0.5, 0.6) is 11.5 Å². The minimum Gasteiger partial charge on any atom is -0.455 e. The van der Waals surface area contributed by atoms with E-state index in [1.165, 1.54) is 0 Å². The summed E-state index contributed by atoms with van der Waals surface area (Å²) < 4.78 is 5.94. The Kier molecular flexibility index (Phi) is 4.27. The normalized spacial score (nSPS) is 8.74. The van der Waals surface area contributed by atoms with Gasteiger partial charge < -0.3 is 4.74 Å². The molecular weight excluding hydrogens is 232 g/mol. The Morgan fingerprint density at radius 3 is 1.53 bits per heavy atom. The number of hydrogen-bond donors (Lipinski definition) is 0. The second-order valence-electron chi connectivity index (χ2n) is 3.84. The zero-order chi connectivity index (χ0) is 13.5. The summed E-state index contributed by atoms with van der Waals surface area (Å²) >= 11 is 0. The average molecular weight is 246 g/mol. The molecule has 0 aliphatic carbocycles. The van der Waals surface area contributed by atoms with Gasteiger partial charge in [0.15, 0.2) is 0 Å². The van der Waals surface area contributed by atoms with Gasteiger partial charge >= 0.3 is 0 Å². The van der Waals surface area contributed by atoms with E-state index in [1.807, 2.05) is 62.4 Å². The van der Waals surface area contributed by atoms with Crippen LogP contribution in [0.15, 0.2) is 48.5 Å². The van der Waals surface area contributed by atoms with Crippen molar-refractivity contribution in [2.45, 2.75) is 13.8 Å². The molecule has 0 atom stereocenters. The van der Waals surface area contributed by atoms with Crippen molar-refractivity contribution in [3.63, 3.8) is 0 Å². The molecule has 0 aliphatic rings. The highest BCUT2D eigenvalue weighted by atomic mass is 16.5. The molecule has 0 N–H and O–H groups in total. The molecule has 0 aliphatic heterocycles. The van der Waals surface area contributed by atoms with Gasteiger partial charge in [-0.2, -0.15) is 0 Å². The van der Waals surface area contributed by atoms with Crippen LogP contribution in [0.3, 0.4) is 0 Å². The molecule has 0 radical (unpaired) electrons. The summed E-state index contributed by atoms with van der Waals surface area (Å²) in [7, 11) is 0. The third-order valence-electron chi connectivity index (χ3n) is 2.51. The highest BCUT2D eigenvalue weighted by Gasteiger charge is 2.05. The molecule has 1 heteroatoms. The van der Waals surface area contributed by atoms with Crippen LogP contribution < -0.4 is 4.74 Å². The molecule has 2 aromatic carbocycles. The SMILES string of the molecule is CC#Cc1ccccc1Oc1ccccc1C#CC. The largest absolute Gasteiger partial charge is 0.455 e. The van der Waals surface area contributed by atoms with Crippen LogP contribution in [0, 0.1) is 23.7 Å². The first-order valence-electron chi connectivity index (χ1n) is 6.06. The van der Waals surface area contributed by atoms with Crippen LogP contribution in [0.2, 0.25) is 0 Å². The fourth-order valence-electron chi connectivity index (χ4n) is 1.71. The second kappa shape index (κ2) is 6.34. The fourth-order valence-corrected chi connectivity index (χ4v) is 1.71. The molecule has 0 bridgehead atoms. The lowest BCUT2D eigenvalue weighted by Gasteiger charge is -2.09. The van der Waals surface area contributed by atoms with Gasteiger partial charge in [-0.3, -0.25) is 0 Å². The van der Waals surface area contributed by atoms with Crippen LogP contribution >= 0.6 is 0 Å². The summed E-state index contributed by atoms with van der Waals surface area (Å²) in [4.78, 5) is 0. The Labute approximate surface area is 114 Å². The molecule has 92 valence electrons. The number of rotatable bonds is 2. The Morgan fingerprint density at radius 2 is 1.11 bits per heavy atom. The smallest absolute Gasteiger partial charge is 0.143 e. The van der Waals surface area contributed by atoms with Gasteiger partial charge in [-0.15, -0.1) is 11.8 Å². The standard InChI is InChI=1S/C18H14O/c1-3-9-15-11-5-7-13-17(15)19-18-14-8-6-12-16(18)10-4-2/h5-8,11-14H,1-2H3. The maximum atomic E-state index is 5.94. The lowest BCUT2D eigenvalue weighted by atomic mass is 10.2. The number of ether oxygens (including phenoxy) is 1. The molecule has 0 amide bonds. The Bertz CT molecular complexity index is 629. The molecule has 2 rings (SSSR count). The third kappa shape index (κ3) is 3.18. The second-order valence-corrected chi connectivity index (χ2v) is 3.84. The predicted molar refractivity (Wildman–Crippen MR) is 78.1 cm³/mol. The van der Waals surface area contributed by atoms with Crippen LogP contribution in [-0.2, 0) is 0 Å². The van der Waals surface area contributed by atoms with Crippen molar-refractivity contribution in [2.75, 3.05) is 0 Å². The van der Waals surface area contributed by atoms with Gasteiger partial charge in [0.1, 0.15) is 11.5 Å². The molecule has 0 saturated carbocycles. The highest BCUT2D eigenvalue weighted by molar-refractivity contribution is 5.51. The van der Waals surface area contributed by atoms with Gasteiger partial charge in [0.2, 0.25) is 0 Å². The number of benzene rings is 2. The lowest BCUT2D eigenvalue weighted by Crippen LogP contribution is -1.90. The maximum Gasteiger partial charge on any atom is 0.143 e. The van der Waals surface area contributed by atoms with E-state index in [-0.39, 0.29) is 0 Å². The summed E-state index contributed by atoms with van der Waals surface area (Å²) in [6.45, 7) is 3.63. The van der Waals surface area contributed by atoms with Crippen molar-refractivity contribution in [1.82, 2.24) is 0 Å². The van der Waals surface area contributed by atoms with E-state index in [9.17, 15) is 0 Å². The first-order chi connectivity index (χ1) is 9.35. The van der Waals surface area contributed by atoms with Crippen molar-refractivity contribution >= 4 is 0 Å². The van der Waals surface area contributed by atoms with Crippen LogP contribution in [0.25, 0.3) is 0 Å². The van der Waals surface area contributed by atoms with Crippen LogP contribution in [-0.4, -0.2) is 0 Å². The van der Waals surface area contributed by atoms with Crippen molar-refractivity contribution in [3.8, 4) is 35.2 Å². The molecule has 0 aromatic heterocycles. The average Bonchev–Trinajstić information content (AvgIpc) is 2.44. The lowest BCUT2D eigenvalue weighted by molar-refractivity contribution is 0.480. The van der Waals surface area contributed by atoms with Crippen molar-refractivity contribution in [2.24, 2.45) is 0 Å². The Balaban J connectivity index is 2.40. The summed E-state index contributed by atoms with van der Waals surface area (Å²) in [6, 6.07) is 15.5. The van der Waals surface area contributed by atoms with E-state index in [4.69, 9.17) is 4.74 Å². The van der Waals surface area contributed by atoms with E-state index in [2.05, 4.69) is 23.7 Å². The molecule has 0 fully saturated rings. The zero-order valence-electron chi connectivity index (χ0n) is 11.0. The van der Waals surface area contributed by atoms with Crippen molar-refractivity contribution in [1.29, 1.82) is 0 Å². The van der Waals surface area contributed by atoms with E-state index < -0.39 is 0 Å². The number of hydrogen-bond acceptors (Lipinski definition) is 1. The minimum absolute atomic E-state index is 0.752. The first-order valence-corrected chi connectivity index (χ1v) is 6.06. The molecule has 19 heavy (non-hydrogen) atoms. The first kappa shape index (κ1) is 12.8. The van der Waals surface area contributed by atoms with E-state index in [0.717, 1.165) is 22.6 Å². The number of para-hydroxylation sites is 2. The zero-order valence-corrected chi connectivity index (χ0v) is 11.0. The highest BCUT2D eigenvalue weighted by Crippen LogP contribution is 2.27. The van der Waals surface area contributed by atoms with E-state index in [1.54, 1.807) is 0 Å². The van der Waals surface area contributed by atoms with Gasteiger partial charge in [-0.25, -0.2) is 0 Å². The molecule has 1 nitrogen and oxygen atoms in total. The van der Waals surface area contributed by atoms with Gasteiger partial charge in [-0.1, -0.05) is 36.1 Å². The van der Waals surface area contributed by atoms with Crippen LogP contribution in [0.4, 0.5) is 0 Å². The molecule has 0 spiro atoms. The molecule has 2 aromatic rings. The molecular formula is C18H14O. The summed E-state index contributed by atoms with van der Waals surface area (Å²) in [6.07, 6.45) is 0. The minimum atomic E-state index is 0.752. The van der Waals surface area contributed by atoms with Gasteiger partial charge in [0, 0.05) is 0 Å². The molecule has 0 unspecified atom stereocenters. The summed E-state index contributed by atoms with van der Waals surface area (Å²) in [5.74, 6) is 13.4. The van der Waals surface area contributed by atoms with Gasteiger partial charge in [0.05, 0.1) is 11.1 Å². The topological polar surface area (TPSA) is 9.23 Å². The Morgan fingerprint density at radius 1 is 0.684 bits per heavy atom. The van der Waals surface area contributed by atoms with Crippen LogP contribution in [0.1, 0.15) is 25.0 Å². The van der Waals surface area contributed by atoms with E-state index in [0.29, 0.717) is 0 Å².